The first-order valence-corrected chi connectivity index (χ1v) is 15.3. The Labute approximate surface area is 104 Å². The summed E-state index contributed by atoms with van der Waals surface area (Å²) in [6, 6.07) is 0. The summed E-state index contributed by atoms with van der Waals surface area (Å²) in [6.07, 6.45) is 0. The predicted octanol–water partition coefficient (Wildman–Crippen LogP) is 3.95. The van der Waals surface area contributed by atoms with E-state index in [1.54, 1.807) is 8.46 Å². The molecule has 0 saturated carbocycles. The fourth-order valence-corrected chi connectivity index (χ4v) is 0. The van der Waals surface area contributed by atoms with E-state index >= 15 is 0 Å². The third kappa shape index (κ3) is 187. The van der Waals surface area contributed by atoms with Crippen LogP contribution in [0.3, 0.4) is 0 Å². The number of hydrogen-bond acceptors (Lipinski definition) is 0. The fraction of sp³-hybridized carbons (Fsp3) is 1.00. The van der Waals surface area contributed by atoms with Crippen LogP contribution in [0.25, 0.3) is 0 Å². The van der Waals surface area contributed by atoms with Gasteiger partial charge < -0.3 is 0 Å². The van der Waals surface area contributed by atoms with Crippen molar-refractivity contribution in [3.05, 3.63) is 0 Å². The Hall–Kier alpha value is 2.84. The van der Waals surface area contributed by atoms with E-state index in [1.807, 2.05) is 0 Å². The van der Waals surface area contributed by atoms with Gasteiger partial charge in [0.1, 0.15) is 0 Å². The van der Waals surface area contributed by atoms with E-state index in [2.05, 4.69) is 80.7 Å². The molecule has 0 aliphatic rings. The van der Waals surface area contributed by atoms with Crippen LogP contribution in [-0.2, 0) is 8.46 Å². The molecule has 0 amide bonds. The molecule has 77 valence electrons. The second kappa shape index (κ2) is 18.6. The van der Waals surface area contributed by atoms with Crippen molar-refractivity contribution < 1.29 is 8.46 Å². The van der Waals surface area contributed by atoms with Crippen molar-refractivity contribution in [3.63, 3.8) is 0 Å². The van der Waals surface area contributed by atoms with Crippen molar-refractivity contribution in [1.29, 1.82) is 0 Å². The molecule has 5 heteroatoms. The summed E-state index contributed by atoms with van der Waals surface area (Å²) in [5.41, 5.74) is 0. The van der Waals surface area contributed by atoms with Crippen LogP contribution in [0, 0.1) is 0 Å². The minimum absolute atomic E-state index is 0.120. The van der Waals surface area contributed by atoms with Crippen LogP contribution in [0.5, 0.6) is 0 Å². The van der Waals surface area contributed by atoms with Gasteiger partial charge >= 0.3 is 49.1 Å². The Balaban J connectivity index is -0.0000000886. The van der Waals surface area contributed by atoms with Crippen LogP contribution in [0.15, 0.2) is 0 Å². The van der Waals surface area contributed by atoms with Gasteiger partial charge in [-0.2, -0.15) is 0 Å². The maximum absolute atomic E-state index is 2.27. The fourth-order valence-electron chi connectivity index (χ4n) is 0. The van der Waals surface area contributed by atoms with Crippen molar-refractivity contribution in [3.8, 4) is 0 Å². The van der Waals surface area contributed by atoms with Gasteiger partial charge in [-0.05, 0) is 15.8 Å². The van der Waals surface area contributed by atoms with E-state index in [1.165, 1.54) is 0 Å². The molecule has 0 bridgehead atoms. The molecule has 0 heterocycles. The maximum atomic E-state index is 2.27. The van der Waals surface area contributed by atoms with E-state index in [0.717, 1.165) is 0 Å². The third-order valence-electron chi connectivity index (χ3n) is 0. The SMILES string of the molecule is C[PH+](C)C.C[PH+](C)C.[I][Cu][I]. The van der Waals surface area contributed by atoms with Gasteiger partial charge in [0.25, 0.3) is 0 Å². The second-order valence-corrected chi connectivity index (χ2v) is 17.0. The zero-order chi connectivity index (χ0) is 9.86. The van der Waals surface area contributed by atoms with Crippen LogP contribution in [0.1, 0.15) is 0 Å². The molecule has 0 saturated heterocycles. The summed E-state index contributed by atoms with van der Waals surface area (Å²) in [5.74, 6) is 0. The Morgan fingerprint density at radius 1 is 0.727 bits per heavy atom. The zero-order valence-corrected chi connectivity index (χ0v) is 15.3. The summed E-state index contributed by atoms with van der Waals surface area (Å²) in [5, 5.41) is 0. The minimum atomic E-state index is 0.120. The van der Waals surface area contributed by atoms with E-state index in [0.29, 0.717) is 0 Å². The number of hydrogen-bond donors (Lipinski definition) is 0. The molecular formula is C6H20CuI2P2+2. The molecule has 0 aliphatic carbocycles. The molecule has 0 aromatic carbocycles. The molecule has 11 heavy (non-hydrogen) atoms. The summed E-state index contributed by atoms with van der Waals surface area (Å²) in [4.78, 5) is 0. The van der Waals surface area contributed by atoms with Gasteiger partial charge in [0.15, 0.2) is 0 Å². The van der Waals surface area contributed by atoms with Gasteiger partial charge in [0.05, 0.1) is 0 Å². The van der Waals surface area contributed by atoms with Crippen molar-refractivity contribution in [2.75, 3.05) is 40.0 Å². The van der Waals surface area contributed by atoms with E-state index in [9.17, 15) is 0 Å². The predicted molar refractivity (Wildman–Crippen MR) is 80.2 cm³/mol. The average molecular weight is 472 g/mol. The average Bonchev–Trinajstić information content (AvgIpc) is 1.60. The Kier molecular flexibility index (Phi) is 32.8. The summed E-state index contributed by atoms with van der Waals surface area (Å²) in [7, 11) is 1.99. The summed E-state index contributed by atoms with van der Waals surface area (Å²) >= 11 is 4.36. The number of halogens is 2. The monoisotopic (exact) mass is 471 g/mol. The summed E-state index contributed by atoms with van der Waals surface area (Å²) in [6.45, 7) is 13.6. The standard InChI is InChI=1S/2C3H9P.Cu.2HI/c2*1-4(2)3;;;/h2*1-3H3;;2*1H/q;;+2;;. The van der Waals surface area contributed by atoms with Crippen LogP contribution in [0.2, 0.25) is 0 Å². The van der Waals surface area contributed by atoms with Crippen molar-refractivity contribution in [2.45, 2.75) is 0 Å². The van der Waals surface area contributed by atoms with Gasteiger partial charge in [0, 0.05) is 40.0 Å². The molecule has 0 fully saturated rings. The molecule has 0 aliphatic heterocycles. The topological polar surface area (TPSA) is 0 Å². The van der Waals surface area contributed by atoms with E-state index in [-0.39, 0.29) is 15.8 Å². The van der Waals surface area contributed by atoms with Crippen LogP contribution in [0.4, 0.5) is 0 Å². The molecule has 0 rings (SSSR count). The molecule has 0 aromatic heterocycles. The molecule has 0 aromatic rings. The van der Waals surface area contributed by atoms with Gasteiger partial charge in [-0.3, -0.25) is 0 Å². The van der Waals surface area contributed by atoms with Gasteiger partial charge in [0.2, 0.25) is 0 Å². The first-order valence-electron chi connectivity index (χ1n) is 3.23. The van der Waals surface area contributed by atoms with Crippen LogP contribution in [-0.4, -0.2) is 40.0 Å². The zero-order valence-electron chi connectivity index (χ0n) is 8.06. The Morgan fingerprint density at radius 2 is 0.727 bits per heavy atom. The van der Waals surface area contributed by atoms with Crippen molar-refractivity contribution in [1.82, 2.24) is 0 Å². The van der Waals surface area contributed by atoms with Gasteiger partial charge in [-0.15, -0.1) is 0 Å². The quantitative estimate of drug-likeness (QED) is 0.285. The molecule has 0 spiro atoms. The molecule has 0 N–H and O–H groups in total. The van der Waals surface area contributed by atoms with Gasteiger partial charge in [-0.25, -0.2) is 0 Å². The third-order valence-corrected chi connectivity index (χ3v) is 0. The molecule has 0 atom stereocenters. The first kappa shape index (κ1) is 19.4. The Bertz CT molecular complexity index is 42.3. The normalized spacial score (nSPS) is 8.55. The molecule has 0 radical (unpaired) electrons. The molecule has 0 nitrogen and oxygen atoms in total. The second-order valence-electron chi connectivity index (χ2n) is 3.04. The van der Waals surface area contributed by atoms with Crippen LogP contribution >= 0.6 is 56.5 Å². The van der Waals surface area contributed by atoms with Crippen LogP contribution < -0.4 is 0 Å². The van der Waals surface area contributed by atoms with Crippen molar-refractivity contribution >= 4 is 56.5 Å². The molecule has 0 unspecified atom stereocenters. The molecular weight excluding hydrogens is 451 g/mol. The van der Waals surface area contributed by atoms with E-state index < -0.39 is 0 Å². The van der Waals surface area contributed by atoms with Gasteiger partial charge in [-0.1, -0.05) is 0 Å². The van der Waals surface area contributed by atoms with Crippen molar-refractivity contribution in [2.24, 2.45) is 0 Å². The number of rotatable bonds is 0. The Morgan fingerprint density at radius 3 is 0.727 bits per heavy atom. The summed E-state index contributed by atoms with van der Waals surface area (Å²) < 4.78 is 0. The first-order chi connectivity index (χ1) is 4.88. The van der Waals surface area contributed by atoms with E-state index in [4.69, 9.17) is 0 Å².